The lowest BCUT2D eigenvalue weighted by Gasteiger charge is -2.27. The summed E-state index contributed by atoms with van der Waals surface area (Å²) in [6.07, 6.45) is 11.3. The summed E-state index contributed by atoms with van der Waals surface area (Å²) in [6, 6.07) is 8.02. The van der Waals surface area contributed by atoms with Crippen LogP contribution in [0, 0.1) is 13.8 Å². The number of allylic oxidation sites excluding steroid dienone is 8. The summed E-state index contributed by atoms with van der Waals surface area (Å²) in [7, 11) is -4.94. The minimum Gasteiger partial charge on any atom is -0.497 e. The first-order valence-corrected chi connectivity index (χ1v) is 21.5. The molecule has 0 radical (unpaired) electrons. The van der Waals surface area contributed by atoms with E-state index in [-0.39, 0.29) is 24.3 Å². The second-order valence-corrected chi connectivity index (χ2v) is 18.7. The van der Waals surface area contributed by atoms with Crippen LogP contribution in [0.25, 0.3) is 0 Å². The van der Waals surface area contributed by atoms with Gasteiger partial charge in [-0.1, -0.05) is 37.6 Å². The number of nitrogens with zero attached hydrogens (tertiary/aromatic N) is 2. The molecule has 0 aromatic heterocycles. The number of fused-ring (bicyclic) bond motifs is 2. The lowest BCUT2D eigenvalue weighted by atomic mass is 9.80. The van der Waals surface area contributed by atoms with Crippen molar-refractivity contribution < 1.29 is 40.0 Å². The third kappa shape index (κ3) is 8.62. The van der Waals surface area contributed by atoms with Gasteiger partial charge >= 0.3 is 0 Å². The van der Waals surface area contributed by atoms with E-state index in [9.17, 15) is 25.9 Å². The predicted octanol–water partition coefficient (Wildman–Crippen LogP) is 8.09. The zero-order valence-corrected chi connectivity index (χ0v) is 34.3. The maximum Gasteiger partial charge on any atom is 0.265 e. The Hall–Kier alpha value is -3.42. The number of methoxy groups -OCH3 is 2. The summed E-state index contributed by atoms with van der Waals surface area (Å²) < 4.78 is 78.7. The molecule has 0 saturated heterocycles. The van der Waals surface area contributed by atoms with Gasteiger partial charge in [0.2, 0.25) is 5.69 Å². The molecule has 1 aliphatic carbocycles. The van der Waals surface area contributed by atoms with E-state index in [0.717, 1.165) is 86.9 Å². The largest absolute Gasteiger partial charge is 0.497 e. The Morgan fingerprint density at radius 3 is 2.06 bits per heavy atom. The minimum atomic E-state index is -4.11. The number of rotatable bonds is 13. The van der Waals surface area contributed by atoms with Gasteiger partial charge in [-0.2, -0.15) is 21.4 Å². The molecule has 0 bridgehead atoms. The fourth-order valence-corrected chi connectivity index (χ4v) is 9.33. The molecule has 0 amide bonds. The van der Waals surface area contributed by atoms with Crippen molar-refractivity contribution in [2.24, 2.45) is 0 Å². The average molecular weight is 788 g/mol. The molecule has 2 heterocycles. The van der Waals surface area contributed by atoms with E-state index in [4.69, 9.17) is 21.1 Å². The smallest absolute Gasteiger partial charge is 0.265 e. The molecule has 0 spiro atoms. The molecule has 2 N–H and O–H groups in total. The fourth-order valence-electron chi connectivity index (χ4n) is 8.03. The second kappa shape index (κ2) is 15.4. The number of hydrogen-bond acceptors (Lipinski definition) is 7. The molecule has 53 heavy (non-hydrogen) atoms. The zero-order valence-electron chi connectivity index (χ0n) is 31.9. The molecule has 10 nitrogen and oxygen atoms in total. The third-order valence-corrected chi connectivity index (χ3v) is 12.8. The zero-order chi connectivity index (χ0) is 39.1. The van der Waals surface area contributed by atoms with Crippen LogP contribution in [0.3, 0.4) is 0 Å². The van der Waals surface area contributed by atoms with Crippen molar-refractivity contribution in [2.45, 2.75) is 84.5 Å². The number of hydrogen-bond donors (Lipinski definition) is 2. The van der Waals surface area contributed by atoms with Crippen LogP contribution < -0.4 is 14.4 Å². The van der Waals surface area contributed by atoms with Crippen molar-refractivity contribution in [1.82, 2.24) is 0 Å². The van der Waals surface area contributed by atoms with Gasteiger partial charge in [-0.15, -0.1) is 0 Å². The van der Waals surface area contributed by atoms with E-state index >= 15 is 0 Å². The minimum absolute atomic E-state index is 0.252. The summed E-state index contributed by atoms with van der Waals surface area (Å²) in [5.74, 6) is 0.830. The molecule has 0 saturated carbocycles. The van der Waals surface area contributed by atoms with Gasteiger partial charge in [0.25, 0.3) is 20.2 Å². The van der Waals surface area contributed by atoms with Gasteiger partial charge in [-0.25, -0.2) is 0 Å². The standard InChI is InChI=1S/C40H51ClN2O8S2/c1-26-22-30(50-7)24-32-37(26)42(18-10-20-52(44,45)46)34(39(32,3)4)16-14-28-12-9-13-29(36(28)41)15-17-35-40(5,6)33-25-31(51-8)23-27(2)38(33)43(35)19-11-21-53(47,48)49/h14-17,22-25H,9-13,18-21H2,1-8H3,(H-,44,45,46,47,48,49)/p+1. The third-order valence-electron chi connectivity index (χ3n) is 10.7. The Labute approximate surface area is 320 Å². The highest BCUT2D eigenvalue weighted by molar-refractivity contribution is 7.86. The highest BCUT2D eigenvalue weighted by Gasteiger charge is 2.46. The van der Waals surface area contributed by atoms with Crippen LogP contribution in [0.1, 0.15) is 82.1 Å². The highest BCUT2D eigenvalue weighted by atomic mass is 35.5. The van der Waals surface area contributed by atoms with Crippen LogP contribution in [0.5, 0.6) is 11.5 Å². The van der Waals surface area contributed by atoms with Crippen LogP contribution in [0.2, 0.25) is 0 Å². The number of aryl methyl sites for hydroxylation is 2. The molecule has 13 heteroatoms. The molecule has 288 valence electrons. The van der Waals surface area contributed by atoms with Crippen molar-refractivity contribution in [3.63, 3.8) is 0 Å². The Morgan fingerprint density at radius 2 is 1.43 bits per heavy atom. The van der Waals surface area contributed by atoms with Gasteiger partial charge in [-0.3, -0.25) is 9.11 Å². The summed E-state index contributed by atoms with van der Waals surface area (Å²) in [6.45, 7) is 13.4. The number of anilines is 1. The fraction of sp³-hybridized carbons (Fsp3) is 0.475. The molecular formula is C40H52ClN2O8S2+. The molecular weight excluding hydrogens is 736 g/mol. The molecule has 0 unspecified atom stereocenters. The lowest BCUT2D eigenvalue weighted by molar-refractivity contribution is -0.437. The van der Waals surface area contributed by atoms with Crippen molar-refractivity contribution >= 4 is 48.9 Å². The summed E-state index contributed by atoms with van der Waals surface area (Å²) in [5, 5.41) is 0.679. The van der Waals surface area contributed by atoms with Gasteiger partial charge in [0.1, 0.15) is 18.0 Å². The Morgan fingerprint density at radius 1 is 0.830 bits per heavy atom. The number of halogens is 1. The molecule has 3 aliphatic rings. The maximum absolute atomic E-state index is 11.6. The summed E-state index contributed by atoms with van der Waals surface area (Å²) in [4.78, 5) is 2.15. The maximum atomic E-state index is 11.6. The quantitative estimate of drug-likeness (QED) is 0.153. The van der Waals surface area contributed by atoms with E-state index in [1.165, 1.54) is 0 Å². The van der Waals surface area contributed by atoms with Crippen molar-refractivity contribution in [1.29, 1.82) is 0 Å². The monoisotopic (exact) mass is 787 g/mol. The molecule has 0 fully saturated rings. The molecule has 2 aliphatic heterocycles. The van der Waals surface area contributed by atoms with Crippen LogP contribution in [0.4, 0.5) is 11.4 Å². The Bertz CT molecular complexity index is 2180. The van der Waals surface area contributed by atoms with Crippen LogP contribution in [0.15, 0.2) is 70.4 Å². The number of benzene rings is 2. The summed E-state index contributed by atoms with van der Waals surface area (Å²) >= 11 is 7.18. The average Bonchev–Trinajstić information content (AvgIpc) is 3.41. The predicted molar refractivity (Wildman–Crippen MR) is 213 cm³/mol. The topological polar surface area (TPSA) is 133 Å². The van der Waals surface area contributed by atoms with Gasteiger partial charge in [0, 0.05) is 52.0 Å². The SMILES string of the molecule is COc1cc(C)c2c(c1)C(C)(C)C(/C=C/C1=C(Cl)C(=C/C=C3\N(CCCS(=O)(=O)O)c4c(C)cc(OC)cc4C3(C)C)/CCC1)=[N+]2CCCS(=O)(=O)O. The van der Waals surface area contributed by atoms with Gasteiger partial charge in [0.15, 0.2) is 5.71 Å². The molecule has 2 aromatic rings. The summed E-state index contributed by atoms with van der Waals surface area (Å²) in [5.41, 5.74) is 9.29. The molecule has 2 aromatic carbocycles. The number of ether oxygens (including phenoxy) is 2. The highest BCUT2D eigenvalue weighted by Crippen LogP contribution is 2.51. The van der Waals surface area contributed by atoms with E-state index < -0.39 is 31.1 Å². The van der Waals surface area contributed by atoms with E-state index in [1.807, 2.05) is 38.1 Å². The van der Waals surface area contributed by atoms with Gasteiger partial charge < -0.3 is 14.4 Å². The van der Waals surface area contributed by atoms with Crippen LogP contribution in [-0.2, 0) is 31.1 Å². The van der Waals surface area contributed by atoms with Gasteiger partial charge in [0.05, 0.1) is 31.1 Å². The molecule has 0 atom stereocenters. The van der Waals surface area contributed by atoms with Crippen molar-refractivity contribution in [3.05, 3.63) is 92.7 Å². The van der Waals surface area contributed by atoms with E-state index in [1.54, 1.807) is 14.2 Å². The van der Waals surface area contributed by atoms with Crippen LogP contribution in [-0.4, -0.2) is 75.0 Å². The lowest BCUT2D eigenvalue weighted by Crippen LogP contribution is -2.28. The Kier molecular flexibility index (Phi) is 11.8. The second-order valence-electron chi connectivity index (χ2n) is 15.2. The van der Waals surface area contributed by atoms with Crippen molar-refractivity contribution in [2.75, 3.05) is 43.7 Å². The first-order chi connectivity index (χ1) is 24.7. The molecule has 5 rings (SSSR count). The van der Waals surface area contributed by atoms with Gasteiger partial charge in [-0.05, 0) is 106 Å². The first kappa shape index (κ1) is 40.8. The first-order valence-electron chi connectivity index (χ1n) is 17.9. The normalized spacial score (nSPS) is 19.9. The Balaban J connectivity index is 1.54. The van der Waals surface area contributed by atoms with E-state index in [2.05, 4.69) is 61.5 Å². The van der Waals surface area contributed by atoms with E-state index in [0.29, 0.717) is 18.1 Å². The van der Waals surface area contributed by atoms with Crippen LogP contribution >= 0.6 is 11.6 Å². The van der Waals surface area contributed by atoms with Crippen molar-refractivity contribution in [3.8, 4) is 11.5 Å².